The van der Waals surface area contributed by atoms with Crippen molar-refractivity contribution >= 4 is 17.9 Å². The molecule has 1 atom stereocenters. The lowest BCUT2D eigenvalue weighted by Gasteiger charge is -2.14. The van der Waals surface area contributed by atoms with Crippen LogP contribution in [0.2, 0.25) is 0 Å². The van der Waals surface area contributed by atoms with Crippen molar-refractivity contribution < 1.29 is 19.5 Å². The number of carbonyl (C=O) groups is 3. The van der Waals surface area contributed by atoms with E-state index in [9.17, 15) is 14.4 Å². The number of nitrogens with one attached hydrogen (secondary N) is 1. The maximum atomic E-state index is 11.6. The quantitative estimate of drug-likeness (QED) is 0.647. The summed E-state index contributed by atoms with van der Waals surface area (Å²) < 4.78 is 0. The zero-order valence-corrected chi connectivity index (χ0v) is 8.52. The summed E-state index contributed by atoms with van der Waals surface area (Å²) in [6.07, 6.45) is -0.253. The molecule has 3 amide bonds. The van der Waals surface area contributed by atoms with E-state index >= 15 is 0 Å². The summed E-state index contributed by atoms with van der Waals surface area (Å²) in [7, 11) is 0. The average molecular weight is 214 g/mol. The van der Waals surface area contributed by atoms with Gasteiger partial charge in [-0.2, -0.15) is 0 Å². The molecule has 0 radical (unpaired) electrons. The zero-order valence-electron chi connectivity index (χ0n) is 8.52. The minimum Gasteiger partial charge on any atom is -0.465 e. The van der Waals surface area contributed by atoms with Crippen LogP contribution in [0.1, 0.15) is 19.8 Å². The Labute approximate surface area is 87.2 Å². The van der Waals surface area contributed by atoms with Crippen molar-refractivity contribution in [3.8, 4) is 0 Å². The normalized spacial score (nSPS) is 20.9. The summed E-state index contributed by atoms with van der Waals surface area (Å²) in [6.45, 7) is 2.07. The fourth-order valence-corrected chi connectivity index (χ4v) is 1.58. The first-order valence-electron chi connectivity index (χ1n) is 4.87. The maximum Gasteiger partial charge on any atom is 0.404 e. The molecule has 1 aliphatic rings. The predicted molar refractivity (Wildman–Crippen MR) is 51.1 cm³/mol. The van der Waals surface area contributed by atoms with E-state index < -0.39 is 6.09 Å². The third-order valence-corrected chi connectivity index (χ3v) is 2.44. The van der Waals surface area contributed by atoms with E-state index in [0.29, 0.717) is 6.42 Å². The minimum atomic E-state index is -1.15. The van der Waals surface area contributed by atoms with Gasteiger partial charge in [0.05, 0.1) is 0 Å². The first-order valence-corrected chi connectivity index (χ1v) is 4.87. The van der Waals surface area contributed by atoms with Gasteiger partial charge in [0.2, 0.25) is 11.8 Å². The number of amides is 3. The highest BCUT2D eigenvalue weighted by molar-refractivity contribution is 6.03. The van der Waals surface area contributed by atoms with Crippen LogP contribution in [-0.2, 0) is 9.59 Å². The van der Waals surface area contributed by atoms with Gasteiger partial charge in [0.25, 0.3) is 0 Å². The summed E-state index contributed by atoms with van der Waals surface area (Å²) in [5.74, 6) is -0.615. The Bertz CT molecular complexity index is 290. The van der Waals surface area contributed by atoms with Crippen molar-refractivity contribution in [3.05, 3.63) is 0 Å². The smallest absolute Gasteiger partial charge is 0.404 e. The highest BCUT2D eigenvalue weighted by Gasteiger charge is 2.36. The molecule has 84 valence electrons. The van der Waals surface area contributed by atoms with Crippen molar-refractivity contribution in [1.29, 1.82) is 0 Å². The highest BCUT2D eigenvalue weighted by atomic mass is 16.4. The number of hydrogen-bond acceptors (Lipinski definition) is 3. The van der Waals surface area contributed by atoms with E-state index in [4.69, 9.17) is 5.11 Å². The molecule has 0 aromatic heterocycles. The molecule has 0 saturated carbocycles. The van der Waals surface area contributed by atoms with Crippen LogP contribution < -0.4 is 5.32 Å². The standard InChI is InChI=1S/C9H14N2O4/c1-2-6-5-7(12)11(8(6)13)4-3-10-9(14)15/h6,10H,2-5H2,1H3,(H,14,15). The molecule has 6 heteroatoms. The molecule has 0 spiro atoms. The van der Waals surface area contributed by atoms with E-state index in [1.807, 2.05) is 6.92 Å². The fourth-order valence-electron chi connectivity index (χ4n) is 1.58. The van der Waals surface area contributed by atoms with Crippen LogP contribution in [0, 0.1) is 5.92 Å². The van der Waals surface area contributed by atoms with E-state index in [2.05, 4.69) is 5.32 Å². The largest absolute Gasteiger partial charge is 0.465 e. The first kappa shape index (κ1) is 11.5. The lowest BCUT2D eigenvalue weighted by Crippen LogP contribution is -2.38. The number of nitrogens with zero attached hydrogens (tertiary/aromatic N) is 1. The second-order valence-corrected chi connectivity index (χ2v) is 3.42. The average Bonchev–Trinajstić information content (AvgIpc) is 2.44. The topological polar surface area (TPSA) is 86.7 Å². The molecule has 1 fully saturated rings. The van der Waals surface area contributed by atoms with Gasteiger partial charge in [-0.25, -0.2) is 4.79 Å². The van der Waals surface area contributed by atoms with E-state index in [0.717, 1.165) is 4.90 Å². The number of rotatable bonds is 4. The first-order chi connectivity index (χ1) is 7.06. The van der Waals surface area contributed by atoms with Gasteiger partial charge in [0, 0.05) is 25.4 Å². The van der Waals surface area contributed by atoms with Crippen molar-refractivity contribution in [2.75, 3.05) is 13.1 Å². The van der Waals surface area contributed by atoms with Crippen LogP contribution >= 0.6 is 0 Å². The van der Waals surface area contributed by atoms with Gasteiger partial charge in [-0.1, -0.05) is 6.92 Å². The molecular weight excluding hydrogens is 200 g/mol. The Morgan fingerprint density at radius 2 is 2.27 bits per heavy atom. The van der Waals surface area contributed by atoms with Gasteiger partial charge in [0.1, 0.15) is 0 Å². The van der Waals surface area contributed by atoms with Crippen LogP contribution in [0.3, 0.4) is 0 Å². The molecule has 6 nitrogen and oxygen atoms in total. The molecule has 2 N–H and O–H groups in total. The number of likely N-dealkylation sites (tertiary alicyclic amines) is 1. The van der Waals surface area contributed by atoms with Crippen LogP contribution in [0.15, 0.2) is 0 Å². The fraction of sp³-hybridized carbons (Fsp3) is 0.667. The molecule has 0 aromatic carbocycles. The number of imide groups is 1. The lowest BCUT2D eigenvalue weighted by atomic mass is 10.1. The second kappa shape index (κ2) is 4.77. The third-order valence-electron chi connectivity index (χ3n) is 2.44. The number of hydrogen-bond donors (Lipinski definition) is 2. The van der Waals surface area contributed by atoms with Gasteiger partial charge < -0.3 is 10.4 Å². The summed E-state index contributed by atoms with van der Waals surface area (Å²) in [5.41, 5.74) is 0. The van der Waals surface area contributed by atoms with Gasteiger partial charge in [-0.05, 0) is 6.42 Å². The third kappa shape index (κ3) is 2.68. The molecule has 1 aliphatic heterocycles. The van der Waals surface area contributed by atoms with Gasteiger partial charge in [-0.15, -0.1) is 0 Å². The van der Waals surface area contributed by atoms with Crippen LogP contribution in [-0.4, -0.2) is 41.0 Å². The van der Waals surface area contributed by atoms with Gasteiger partial charge in [-0.3, -0.25) is 14.5 Å². The zero-order chi connectivity index (χ0) is 11.4. The van der Waals surface area contributed by atoms with E-state index in [1.54, 1.807) is 0 Å². The number of carboxylic acid groups (broad SMARTS) is 1. The molecule has 1 saturated heterocycles. The molecule has 1 unspecified atom stereocenters. The van der Waals surface area contributed by atoms with Crippen molar-refractivity contribution in [3.63, 3.8) is 0 Å². The van der Waals surface area contributed by atoms with Gasteiger partial charge >= 0.3 is 6.09 Å². The van der Waals surface area contributed by atoms with Crippen LogP contribution in [0.5, 0.6) is 0 Å². The van der Waals surface area contributed by atoms with Crippen LogP contribution in [0.25, 0.3) is 0 Å². The van der Waals surface area contributed by atoms with Crippen molar-refractivity contribution in [2.24, 2.45) is 5.92 Å². The van der Waals surface area contributed by atoms with E-state index in [-0.39, 0.29) is 37.2 Å². The molecule has 15 heavy (non-hydrogen) atoms. The Kier molecular flexibility index (Phi) is 3.65. The highest BCUT2D eigenvalue weighted by Crippen LogP contribution is 2.21. The Morgan fingerprint density at radius 3 is 2.73 bits per heavy atom. The molecule has 1 rings (SSSR count). The van der Waals surface area contributed by atoms with Crippen molar-refractivity contribution in [1.82, 2.24) is 10.2 Å². The Hall–Kier alpha value is -1.59. The summed E-state index contributed by atoms with van der Waals surface area (Å²) >= 11 is 0. The molecular formula is C9H14N2O4. The number of carbonyl (C=O) groups excluding carboxylic acids is 2. The van der Waals surface area contributed by atoms with Crippen LogP contribution in [0.4, 0.5) is 4.79 Å². The monoisotopic (exact) mass is 214 g/mol. The molecule has 0 bridgehead atoms. The van der Waals surface area contributed by atoms with Gasteiger partial charge in [0.15, 0.2) is 0 Å². The van der Waals surface area contributed by atoms with E-state index in [1.165, 1.54) is 0 Å². The molecule has 0 aromatic rings. The summed E-state index contributed by atoms with van der Waals surface area (Å²) in [6, 6.07) is 0. The predicted octanol–water partition coefficient (Wildman–Crippen LogP) is 0.0391. The second-order valence-electron chi connectivity index (χ2n) is 3.42. The molecule has 1 heterocycles. The SMILES string of the molecule is CCC1CC(=O)N(CCNC(=O)O)C1=O. The lowest BCUT2D eigenvalue weighted by molar-refractivity contribution is -0.139. The Balaban J connectivity index is 2.44. The minimum absolute atomic E-state index is 0.0866. The molecule has 0 aliphatic carbocycles. The maximum absolute atomic E-state index is 11.6. The summed E-state index contributed by atoms with van der Waals surface area (Å²) in [5, 5.41) is 10.4. The summed E-state index contributed by atoms with van der Waals surface area (Å²) in [4.78, 5) is 34.2. The van der Waals surface area contributed by atoms with Crippen molar-refractivity contribution in [2.45, 2.75) is 19.8 Å². The Morgan fingerprint density at radius 1 is 1.60 bits per heavy atom.